The van der Waals surface area contributed by atoms with Crippen molar-refractivity contribution >= 4 is 69.4 Å². The number of rotatable bonds is 0. The van der Waals surface area contributed by atoms with E-state index in [4.69, 9.17) is 0 Å². The molecule has 0 aliphatic carbocycles. The van der Waals surface area contributed by atoms with Crippen molar-refractivity contribution in [2.24, 2.45) is 14.1 Å². The van der Waals surface area contributed by atoms with Gasteiger partial charge in [-0.1, -0.05) is 59.3 Å². The molecule has 8 rings (SSSR count). The van der Waals surface area contributed by atoms with Crippen LogP contribution in [0, 0.1) is 0 Å². The van der Waals surface area contributed by atoms with Gasteiger partial charge < -0.3 is 33.9 Å². The van der Waals surface area contributed by atoms with E-state index in [1.807, 2.05) is 0 Å². The Balaban J connectivity index is 0.000000158. The van der Waals surface area contributed by atoms with E-state index in [1.54, 1.807) is 0 Å². The average Bonchev–Trinajstić information content (AvgIpc) is 3.66. The summed E-state index contributed by atoms with van der Waals surface area (Å²) in [7, 11) is 4.28. The Morgan fingerprint density at radius 1 is 0.500 bits per heavy atom. The standard InChI is InChI=1S/2C16H12N.CH2.2ClH.Zr/c2*1-17-14-9-5-4-8-13(14)16-12-7-3-2-6-11(12)10-15(16)17;;;;/h2*2-10H,1H3;1H2;2*1H;/q2*-1;;;;+2/p-2. The van der Waals surface area contributed by atoms with Crippen LogP contribution in [0.1, 0.15) is 0 Å². The molecule has 0 unspecified atom stereocenters. The van der Waals surface area contributed by atoms with Crippen LogP contribution in [0.2, 0.25) is 0 Å². The van der Waals surface area contributed by atoms with Gasteiger partial charge in [0.05, 0.1) is 0 Å². The SMILES string of the molecule is Cn1c2ccccc2c2c3ccccc3[cH-]c21.Cn1c2ccccc2c2c3ccccc3[cH-]c21.[CH2]=[Zr+2].[Cl-].[Cl-]. The van der Waals surface area contributed by atoms with Crippen LogP contribution in [0.4, 0.5) is 0 Å². The summed E-state index contributed by atoms with van der Waals surface area (Å²) in [5.41, 5.74) is 5.27. The topological polar surface area (TPSA) is 9.86 Å². The third-order valence-electron chi connectivity index (χ3n) is 7.35. The number of aryl methyl sites for hydroxylation is 2. The van der Waals surface area contributed by atoms with Gasteiger partial charge in [-0.15, -0.1) is 70.1 Å². The van der Waals surface area contributed by atoms with E-state index >= 15 is 0 Å². The number of hydrogen-bond donors (Lipinski definition) is 0. The maximum absolute atomic E-state index is 3.34. The van der Waals surface area contributed by atoms with Crippen LogP contribution < -0.4 is 24.8 Å². The van der Waals surface area contributed by atoms with Crippen molar-refractivity contribution in [3.8, 4) is 0 Å². The molecule has 0 radical (unpaired) electrons. The first-order valence-corrected chi connectivity index (χ1v) is 13.8. The van der Waals surface area contributed by atoms with Crippen LogP contribution in [-0.2, 0) is 38.3 Å². The Hall–Kier alpha value is -2.97. The molecule has 6 aromatic carbocycles. The fourth-order valence-corrected chi connectivity index (χ4v) is 5.73. The van der Waals surface area contributed by atoms with E-state index in [0.29, 0.717) is 0 Å². The summed E-state index contributed by atoms with van der Waals surface area (Å²) in [6.45, 7) is 0. The third-order valence-corrected chi connectivity index (χ3v) is 7.35. The molecule has 0 fully saturated rings. The van der Waals surface area contributed by atoms with E-state index < -0.39 is 0 Å². The predicted octanol–water partition coefficient (Wildman–Crippen LogP) is 2.38. The first-order chi connectivity index (χ1) is 17.7. The zero-order chi connectivity index (χ0) is 24.8. The number of benzene rings is 4. The van der Waals surface area contributed by atoms with Gasteiger partial charge in [-0.25, -0.2) is 0 Å². The van der Waals surface area contributed by atoms with Gasteiger partial charge in [-0.05, 0) is 33.9 Å². The van der Waals surface area contributed by atoms with Gasteiger partial charge in [-0.3, -0.25) is 0 Å². The minimum atomic E-state index is 0. The molecule has 0 saturated heterocycles. The molecule has 0 saturated carbocycles. The van der Waals surface area contributed by atoms with E-state index in [0.717, 1.165) is 0 Å². The molecule has 0 aliphatic heterocycles. The van der Waals surface area contributed by atoms with Crippen molar-refractivity contribution in [3.05, 3.63) is 109 Å². The quantitative estimate of drug-likeness (QED) is 0.233. The number of fused-ring (bicyclic) bond motifs is 10. The van der Waals surface area contributed by atoms with Gasteiger partial charge >= 0.3 is 28.4 Å². The maximum Gasteiger partial charge on any atom is -1.00 e. The molecule has 0 spiro atoms. The van der Waals surface area contributed by atoms with E-state index in [1.165, 1.54) is 89.4 Å². The summed E-state index contributed by atoms with van der Waals surface area (Å²) in [4.78, 5) is 0. The van der Waals surface area contributed by atoms with Gasteiger partial charge in [0.2, 0.25) is 0 Å². The predicted molar refractivity (Wildman–Crippen MR) is 154 cm³/mol. The summed E-state index contributed by atoms with van der Waals surface area (Å²) >= 11 is 1.30. The molecule has 2 heterocycles. The Labute approximate surface area is 249 Å². The molecule has 38 heavy (non-hydrogen) atoms. The van der Waals surface area contributed by atoms with Crippen molar-refractivity contribution in [3.63, 3.8) is 0 Å². The second kappa shape index (κ2) is 11.4. The number of hydrogen-bond acceptors (Lipinski definition) is 0. The maximum atomic E-state index is 3.34. The largest absolute Gasteiger partial charge is 1.00 e. The number of para-hydroxylation sites is 2. The normalized spacial score (nSPS) is 10.7. The van der Waals surface area contributed by atoms with Crippen LogP contribution in [0.25, 0.3) is 65.2 Å². The summed E-state index contributed by atoms with van der Waals surface area (Å²) in [6, 6.07) is 39.0. The van der Waals surface area contributed by atoms with Crippen molar-refractivity contribution in [2.75, 3.05) is 0 Å². The fourth-order valence-electron chi connectivity index (χ4n) is 5.73. The van der Waals surface area contributed by atoms with Crippen LogP contribution in [0.5, 0.6) is 0 Å². The number of nitrogens with zero attached hydrogens (tertiary/aromatic N) is 2. The van der Waals surface area contributed by atoms with Crippen LogP contribution in [-0.4, -0.2) is 13.3 Å². The third kappa shape index (κ3) is 4.28. The Kier molecular flexibility index (Phi) is 8.43. The van der Waals surface area contributed by atoms with E-state index in [2.05, 4.69) is 137 Å². The summed E-state index contributed by atoms with van der Waals surface area (Å²) < 4.78 is 7.90. The molecule has 0 N–H and O–H groups in total. The Morgan fingerprint density at radius 2 is 0.816 bits per heavy atom. The Morgan fingerprint density at radius 3 is 1.21 bits per heavy atom. The molecule has 0 amide bonds. The number of aromatic nitrogens is 2. The van der Waals surface area contributed by atoms with Crippen molar-refractivity contribution in [1.29, 1.82) is 0 Å². The average molecular weight is 613 g/mol. The fraction of sp³-hybridized carbons (Fsp3) is 0.0606. The van der Waals surface area contributed by atoms with Crippen LogP contribution in [0.3, 0.4) is 0 Å². The molecule has 5 heteroatoms. The van der Waals surface area contributed by atoms with Crippen molar-refractivity contribution < 1.29 is 49.0 Å². The molecule has 8 aromatic rings. The molecule has 0 aliphatic rings. The summed E-state index contributed by atoms with van der Waals surface area (Å²) in [5, 5.41) is 10.9. The zero-order valence-corrected chi connectivity index (χ0v) is 25.2. The minimum absolute atomic E-state index is 0. The first-order valence-electron chi connectivity index (χ1n) is 12.1. The van der Waals surface area contributed by atoms with Gasteiger partial charge in [0.25, 0.3) is 0 Å². The van der Waals surface area contributed by atoms with E-state index in [-0.39, 0.29) is 24.8 Å². The monoisotopic (exact) mass is 610 g/mol. The molecular weight excluding hydrogens is 587 g/mol. The van der Waals surface area contributed by atoms with Gasteiger partial charge in [0.1, 0.15) is 0 Å². The molecule has 2 nitrogen and oxygen atoms in total. The summed E-state index contributed by atoms with van der Waals surface area (Å²) in [6.07, 6.45) is 0. The van der Waals surface area contributed by atoms with Crippen molar-refractivity contribution in [2.45, 2.75) is 0 Å². The van der Waals surface area contributed by atoms with Crippen molar-refractivity contribution in [1.82, 2.24) is 9.13 Å². The molecule has 188 valence electrons. The van der Waals surface area contributed by atoms with Crippen LogP contribution in [0.15, 0.2) is 109 Å². The van der Waals surface area contributed by atoms with Gasteiger partial charge in [-0.2, -0.15) is 0 Å². The second-order valence-corrected chi connectivity index (χ2v) is 9.14. The summed E-state index contributed by atoms with van der Waals surface area (Å²) in [5.74, 6) is 0. The zero-order valence-electron chi connectivity index (χ0n) is 21.2. The van der Waals surface area contributed by atoms with E-state index in [9.17, 15) is 0 Å². The molecule has 2 aromatic heterocycles. The van der Waals surface area contributed by atoms with Crippen LogP contribution >= 0.6 is 0 Å². The molecule has 0 atom stereocenters. The minimum Gasteiger partial charge on any atom is -1.00 e. The first kappa shape index (κ1) is 28.1. The molecular formula is C33H26Cl2N2Zr-2. The second-order valence-electron chi connectivity index (χ2n) is 9.14. The Bertz CT molecular complexity index is 1870. The number of halogens is 2. The van der Waals surface area contributed by atoms with Gasteiger partial charge in [0, 0.05) is 25.1 Å². The smallest absolute Gasteiger partial charge is 1.00 e. The van der Waals surface area contributed by atoms with Gasteiger partial charge in [0.15, 0.2) is 0 Å². The molecule has 0 bridgehead atoms.